The fourth-order valence-corrected chi connectivity index (χ4v) is 2.63. The Morgan fingerprint density at radius 2 is 2.16 bits per heavy atom. The van der Waals surface area contributed by atoms with E-state index in [2.05, 4.69) is 13.3 Å². The van der Waals surface area contributed by atoms with Crippen molar-refractivity contribution in [2.75, 3.05) is 11.9 Å². The number of hydrogen-bond donors (Lipinski definition) is 3. The van der Waals surface area contributed by atoms with Crippen molar-refractivity contribution in [1.29, 1.82) is 0 Å². The Kier molecular flexibility index (Phi) is 3.74. The molecule has 10 heteroatoms. The SMILES string of the molecule is O=C(O)[C@@H](O)CNc1ccc([N+](=O)[O-])c2n[se]nc12. The maximum atomic E-state index is 10.8. The van der Waals surface area contributed by atoms with E-state index in [1.807, 2.05) is 0 Å². The molecule has 1 aromatic carbocycles. The number of nitrogens with zero attached hydrogens (tertiary/aromatic N) is 3. The van der Waals surface area contributed by atoms with Gasteiger partial charge in [-0.1, -0.05) is 0 Å². The van der Waals surface area contributed by atoms with Crippen molar-refractivity contribution in [2.24, 2.45) is 0 Å². The molecule has 0 spiro atoms. The van der Waals surface area contributed by atoms with Gasteiger partial charge >= 0.3 is 111 Å². The summed E-state index contributed by atoms with van der Waals surface area (Å²) in [6, 6.07) is 2.70. The van der Waals surface area contributed by atoms with Gasteiger partial charge in [-0.2, -0.15) is 0 Å². The number of aliphatic hydroxyl groups excluding tert-OH is 1. The molecular weight excluding hydrogens is 323 g/mol. The summed E-state index contributed by atoms with van der Waals surface area (Å²) in [4.78, 5) is 20.7. The van der Waals surface area contributed by atoms with Crippen LogP contribution in [0.25, 0.3) is 11.0 Å². The number of rotatable bonds is 5. The van der Waals surface area contributed by atoms with Gasteiger partial charge in [-0.05, 0) is 0 Å². The molecule has 0 unspecified atom stereocenters. The summed E-state index contributed by atoms with van der Waals surface area (Å²) >= 11 is -0.448. The molecular formula is C9H8N4O5Se. The molecule has 19 heavy (non-hydrogen) atoms. The van der Waals surface area contributed by atoms with Crippen LogP contribution in [0.1, 0.15) is 0 Å². The van der Waals surface area contributed by atoms with Crippen molar-refractivity contribution in [3.63, 3.8) is 0 Å². The third-order valence-electron chi connectivity index (χ3n) is 2.36. The first-order valence-corrected chi connectivity index (χ1v) is 6.58. The number of carboxylic acid groups (broad SMARTS) is 1. The molecule has 0 fully saturated rings. The molecule has 0 aliphatic heterocycles. The quantitative estimate of drug-likeness (QED) is 0.377. The molecule has 0 bridgehead atoms. The molecule has 2 aromatic rings. The fourth-order valence-electron chi connectivity index (χ4n) is 1.44. The Hall–Kier alpha value is -2.03. The van der Waals surface area contributed by atoms with E-state index >= 15 is 0 Å². The zero-order chi connectivity index (χ0) is 14.0. The van der Waals surface area contributed by atoms with E-state index < -0.39 is 32.0 Å². The summed E-state index contributed by atoms with van der Waals surface area (Å²) in [5, 5.41) is 31.2. The number of non-ortho nitro benzene ring substituents is 1. The van der Waals surface area contributed by atoms with Crippen LogP contribution in [0.2, 0.25) is 0 Å². The van der Waals surface area contributed by atoms with Gasteiger partial charge in [0.2, 0.25) is 0 Å². The number of aliphatic hydroxyl groups is 1. The summed E-state index contributed by atoms with van der Waals surface area (Å²) in [5.74, 6) is -1.35. The van der Waals surface area contributed by atoms with Crippen molar-refractivity contribution in [2.45, 2.75) is 6.10 Å². The molecule has 0 radical (unpaired) electrons. The van der Waals surface area contributed by atoms with Gasteiger partial charge in [-0.15, -0.1) is 0 Å². The molecule has 0 aliphatic carbocycles. The molecule has 3 N–H and O–H groups in total. The second kappa shape index (κ2) is 5.31. The summed E-state index contributed by atoms with van der Waals surface area (Å²) in [5.41, 5.74) is 0.818. The van der Waals surface area contributed by atoms with Gasteiger partial charge in [-0.3, -0.25) is 0 Å². The number of anilines is 1. The number of fused-ring (bicyclic) bond motifs is 1. The summed E-state index contributed by atoms with van der Waals surface area (Å²) < 4.78 is 8.04. The second-order valence-electron chi connectivity index (χ2n) is 3.59. The summed E-state index contributed by atoms with van der Waals surface area (Å²) in [7, 11) is 0. The summed E-state index contributed by atoms with van der Waals surface area (Å²) in [6.45, 7) is -0.220. The van der Waals surface area contributed by atoms with Crippen LogP contribution >= 0.6 is 0 Å². The molecule has 2 rings (SSSR count). The monoisotopic (exact) mass is 332 g/mol. The molecule has 0 aliphatic rings. The van der Waals surface area contributed by atoms with Crippen molar-refractivity contribution in [1.82, 2.24) is 7.96 Å². The first-order valence-electron chi connectivity index (χ1n) is 5.05. The topological polar surface area (TPSA) is 138 Å². The van der Waals surface area contributed by atoms with Crippen molar-refractivity contribution in [3.05, 3.63) is 22.2 Å². The van der Waals surface area contributed by atoms with E-state index in [1.165, 1.54) is 12.1 Å². The minimum absolute atomic E-state index is 0.137. The molecule has 1 aromatic heterocycles. The minimum atomic E-state index is -1.56. The first kappa shape index (κ1) is 13.4. The number of nitrogens with one attached hydrogen (secondary N) is 1. The van der Waals surface area contributed by atoms with Crippen LogP contribution in [0.5, 0.6) is 0 Å². The molecule has 9 nitrogen and oxygen atoms in total. The Balaban J connectivity index is 2.30. The van der Waals surface area contributed by atoms with Crippen molar-refractivity contribution in [3.8, 4) is 0 Å². The Morgan fingerprint density at radius 1 is 1.47 bits per heavy atom. The van der Waals surface area contributed by atoms with E-state index in [-0.39, 0.29) is 17.7 Å². The first-order chi connectivity index (χ1) is 9.00. The van der Waals surface area contributed by atoms with Crippen LogP contribution in [-0.4, -0.2) is 56.7 Å². The number of hydrogen-bond acceptors (Lipinski definition) is 7. The molecule has 100 valence electrons. The Labute approximate surface area is 112 Å². The van der Waals surface area contributed by atoms with Crippen molar-refractivity contribution >= 4 is 43.3 Å². The third-order valence-corrected chi connectivity index (χ3v) is 3.47. The van der Waals surface area contributed by atoms with Gasteiger partial charge in [0.05, 0.1) is 0 Å². The summed E-state index contributed by atoms with van der Waals surface area (Å²) in [6.07, 6.45) is -1.56. The van der Waals surface area contributed by atoms with Gasteiger partial charge in [-0.25, -0.2) is 0 Å². The zero-order valence-corrected chi connectivity index (χ0v) is 11.0. The molecule has 1 atom stereocenters. The Bertz CT molecular complexity index is 643. The number of benzene rings is 1. The molecule has 1 heterocycles. The third kappa shape index (κ3) is 2.70. The van der Waals surface area contributed by atoms with Gasteiger partial charge in [0.25, 0.3) is 0 Å². The predicted molar refractivity (Wildman–Crippen MR) is 65.3 cm³/mol. The van der Waals surface area contributed by atoms with Gasteiger partial charge in [0, 0.05) is 0 Å². The number of aliphatic carboxylic acids is 1. The fraction of sp³-hybridized carbons (Fsp3) is 0.222. The number of carboxylic acids is 1. The van der Waals surface area contributed by atoms with Crippen LogP contribution in [0.15, 0.2) is 12.1 Å². The normalized spacial score (nSPS) is 12.3. The van der Waals surface area contributed by atoms with Crippen LogP contribution in [0, 0.1) is 10.1 Å². The van der Waals surface area contributed by atoms with E-state index in [1.54, 1.807) is 0 Å². The van der Waals surface area contributed by atoms with Gasteiger partial charge in [0.15, 0.2) is 0 Å². The number of nitro benzene ring substituents is 1. The number of nitro groups is 1. The standard InChI is InChI=1S/C9H8N4O5Se/c14-6(9(15)16)3-10-4-1-2-5(13(17)18)8-7(4)11-19-12-8/h1-2,6,10,14H,3H2,(H,15,16)/t6-/m0/s1. The molecule has 0 amide bonds. The van der Waals surface area contributed by atoms with Crippen LogP contribution in [-0.2, 0) is 4.79 Å². The zero-order valence-electron chi connectivity index (χ0n) is 9.31. The van der Waals surface area contributed by atoms with Gasteiger partial charge in [0.1, 0.15) is 0 Å². The van der Waals surface area contributed by atoms with E-state index in [9.17, 15) is 14.9 Å². The van der Waals surface area contributed by atoms with Crippen LogP contribution in [0.4, 0.5) is 11.4 Å². The maximum absolute atomic E-state index is 10.8. The van der Waals surface area contributed by atoms with Gasteiger partial charge < -0.3 is 0 Å². The van der Waals surface area contributed by atoms with Crippen molar-refractivity contribution < 1.29 is 19.9 Å². The second-order valence-corrected chi connectivity index (χ2v) is 4.69. The number of carbonyl (C=O) groups is 1. The van der Waals surface area contributed by atoms with Crippen LogP contribution < -0.4 is 5.32 Å². The van der Waals surface area contributed by atoms with Crippen LogP contribution in [0.3, 0.4) is 0 Å². The predicted octanol–water partition coefficient (Wildman–Crippen LogP) is -0.548. The molecule has 0 saturated heterocycles. The average Bonchev–Trinajstić information content (AvgIpc) is 2.83. The average molecular weight is 331 g/mol. The van der Waals surface area contributed by atoms with E-state index in [0.717, 1.165) is 0 Å². The van der Waals surface area contributed by atoms with E-state index in [0.29, 0.717) is 11.2 Å². The number of aromatic nitrogens is 2. The van der Waals surface area contributed by atoms with E-state index in [4.69, 9.17) is 10.2 Å². The Morgan fingerprint density at radius 3 is 2.79 bits per heavy atom. The molecule has 0 saturated carbocycles.